The van der Waals surface area contributed by atoms with Crippen LogP contribution in [0.3, 0.4) is 0 Å². The molecule has 5 heteroatoms. The summed E-state index contributed by atoms with van der Waals surface area (Å²) in [6, 6.07) is 4.87. The zero-order valence-corrected chi connectivity index (χ0v) is 9.29. The molecule has 2 rings (SSSR count). The Morgan fingerprint density at radius 2 is 2.00 bits per heavy atom. The first-order valence-corrected chi connectivity index (χ1v) is 5.04. The molecule has 1 aromatic carbocycles. The summed E-state index contributed by atoms with van der Waals surface area (Å²) in [7, 11) is 0. The van der Waals surface area contributed by atoms with E-state index in [9.17, 15) is 4.39 Å². The van der Waals surface area contributed by atoms with Crippen LogP contribution in [0.4, 0.5) is 15.9 Å². The van der Waals surface area contributed by atoms with Gasteiger partial charge in [0.2, 0.25) is 0 Å². The molecule has 3 nitrogen and oxygen atoms in total. The number of benzene rings is 1. The second kappa shape index (κ2) is 4.45. The average Bonchev–Trinajstić information content (AvgIpc) is 2.25. The van der Waals surface area contributed by atoms with Gasteiger partial charge in [-0.3, -0.25) is 0 Å². The third-order valence-electron chi connectivity index (χ3n) is 2.03. The lowest BCUT2D eigenvalue weighted by Crippen LogP contribution is -1.98. The van der Waals surface area contributed by atoms with Gasteiger partial charge in [-0.15, -0.1) is 0 Å². The SMILES string of the molecule is Cc1ccc(Nc2nccnc2Cl)c(F)c1. The van der Waals surface area contributed by atoms with Gasteiger partial charge in [-0.05, 0) is 24.6 Å². The Bertz CT molecular complexity index is 516. The Hall–Kier alpha value is -1.68. The Morgan fingerprint density at radius 1 is 1.25 bits per heavy atom. The maximum absolute atomic E-state index is 13.5. The largest absolute Gasteiger partial charge is 0.335 e. The summed E-state index contributed by atoms with van der Waals surface area (Å²) < 4.78 is 13.5. The monoisotopic (exact) mass is 237 g/mol. The highest BCUT2D eigenvalue weighted by Crippen LogP contribution is 2.23. The van der Waals surface area contributed by atoms with Crippen molar-refractivity contribution < 1.29 is 4.39 Å². The van der Waals surface area contributed by atoms with Gasteiger partial charge in [-0.25, -0.2) is 14.4 Å². The van der Waals surface area contributed by atoms with Crippen molar-refractivity contribution in [2.24, 2.45) is 0 Å². The van der Waals surface area contributed by atoms with Crippen LogP contribution in [0.5, 0.6) is 0 Å². The van der Waals surface area contributed by atoms with Crippen molar-refractivity contribution >= 4 is 23.1 Å². The van der Waals surface area contributed by atoms with Gasteiger partial charge < -0.3 is 5.32 Å². The highest BCUT2D eigenvalue weighted by atomic mass is 35.5. The summed E-state index contributed by atoms with van der Waals surface area (Å²) >= 11 is 5.80. The Morgan fingerprint density at radius 3 is 2.69 bits per heavy atom. The van der Waals surface area contributed by atoms with Crippen molar-refractivity contribution in [3.05, 3.63) is 47.1 Å². The Kier molecular flexibility index (Phi) is 3.01. The van der Waals surface area contributed by atoms with Crippen LogP contribution >= 0.6 is 11.6 Å². The fraction of sp³-hybridized carbons (Fsp3) is 0.0909. The van der Waals surface area contributed by atoms with Crippen LogP contribution in [0.2, 0.25) is 5.15 Å². The maximum Gasteiger partial charge on any atom is 0.171 e. The number of hydrogen-bond acceptors (Lipinski definition) is 3. The molecule has 0 aliphatic rings. The molecule has 0 amide bonds. The smallest absolute Gasteiger partial charge is 0.171 e. The molecule has 0 bridgehead atoms. The summed E-state index contributed by atoms with van der Waals surface area (Å²) in [5, 5.41) is 3.00. The van der Waals surface area contributed by atoms with Crippen molar-refractivity contribution in [1.82, 2.24) is 9.97 Å². The van der Waals surface area contributed by atoms with E-state index in [1.165, 1.54) is 18.5 Å². The number of aromatic nitrogens is 2. The molecule has 16 heavy (non-hydrogen) atoms. The van der Waals surface area contributed by atoms with Gasteiger partial charge in [-0.2, -0.15) is 0 Å². The molecule has 2 aromatic rings. The van der Waals surface area contributed by atoms with Crippen LogP contribution in [0, 0.1) is 12.7 Å². The fourth-order valence-corrected chi connectivity index (χ4v) is 1.41. The Labute approximate surface area is 97.3 Å². The fourth-order valence-electron chi connectivity index (χ4n) is 1.25. The zero-order chi connectivity index (χ0) is 11.5. The van der Waals surface area contributed by atoms with Crippen molar-refractivity contribution in [3.63, 3.8) is 0 Å². The first-order chi connectivity index (χ1) is 7.66. The van der Waals surface area contributed by atoms with Gasteiger partial charge >= 0.3 is 0 Å². The third-order valence-corrected chi connectivity index (χ3v) is 2.31. The summed E-state index contributed by atoms with van der Waals surface area (Å²) in [5.41, 5.74) is 1.18. The molecular formula is C11H9ClFN3. The van der Waals surface area contributed by atoms with E-state index in [0.717, 1.165) is 5.56 Å². The molecule has 0 saturated heterocycles. The lowest BCUT2D eigenvalue weighted by molar-refractivity contribution is 0.630. The van der Waals surface area contributed by atoms with Crippen LogP contribution in [0.1, 0.15) is 5.56 Å². The van der Waals surface area contributed by atoms with Crippen LogP contribution in [-0.4, -0.2) is 9.97 Å². The molecule has 0 saturated carbocycles. The summed E-state index contributed by atoms with van der Waals surface area (Å²) in [6.07, 6.45) is 2.96. The third kappa shape index (κ3) is 2.28. The minimum absolute atomic E-state index is 0.211. The van der Waals surface area contributed by atoms with E-state index in [-0.39, 0.29) is 11.0 Å². The lowest BCUT2D eigenvalue weighted by Gasteiger charge is -2.07. The van der Waals surface area contributed by atoms with E-state index in [1.54, 1.807) is 12.1 Å². The topological polar surface area (TPSA) is 37.8 Å². The average molecular weight is 238 g/mol. The molecule has 0 spiro atoms. The molecule has 0 atom stereocenters. The summed E-state index contributed by atoms with van der Waals surface area (Å²) in [6.45, 7) is 1.82. The number of hydrogen-bond donors (Lipinski definition) is 1. The molecule has 0 radical (unpaired) electrons. The predicted molar refractivity (Wildman–Crippen MR) is 61.5 cm³/mol. The lowest BCUT2D eigenvalue weighted by atomic mass is 10.2. The standard InChI is InChI=1S/C11H9ClFN3/c1-7-2-3-9(8(13)6-7)16-11-10(12)14-4-5-15-11/h2-6H,1H3,(H,15,16). The van der Waals surface area contributed by atoms with Gasteiger partial charge in [0.1, 0.15) is 5.82 Å². The first kappa shape index (κ1) is 10.8. The number of aryl methyl sites for hydroxylation is 1. The van der Waals surface area contributed by atoms with Crippen molar-refractivity contribution in [2.45, 2.75) is 6.92 Å². The number of nitrogens with zero attached hydrogens (tertiary/aromatic N) is 2. The number of rotatable bonds is 2. The van der Waals surface area contributed by atoms with Gasteiger partial charge in [0.25, 0.3) is 0 Å². The molecule has 1 heterocycles. The minimum atomic E-state index is -0.346. The molecule has 0 unspecified atom stereocenters. The van der Waals surface area contributed by atoms with Gasteiger partial charge in [0, 0.05) is 12.4 Å². The van der Waals surface area contributed by atoms with Crippen molar-refractivity contribution in [3.8, 4) is 0 Å². The van der Waals surface area contributed by atoms with Crippen LogP contribution in [0.15, 0.2) is 30.6 Å². The van der Waals surface area contributed by atoms with Crippen molar-refractivity contribution in [2.75, 3.05) is 5.32 Å². The zero-order valence-electron chi connectivity index (χ0n) is 8.54. The highest BCUT2D eigenvalue weighted by Gasteiger charge is 2.06. The van der Waals surface area contributed by atoms with Gasteiger partial charge in [-0.1, -0.05) is 17.7 Å². The van der Waals surface area contributed by atoms with E-state index < -0.39 is 0 Å². The maximum atomic E-state index is 13.5. The molecule has 82 valence electrons. The minimum Gasteiger partial charge on any atom is -0.335 e. The summed E-state index contributed by atoms with van der Waals surface area (Å²) in [4.78, 5) is 7.81. The Balaban J connectivity index is 2.31. The van der Waals surface area contributed by atoms with E-state index in [0.29, 0.717) is 11.5 Å². The molecule has 0 aliphatic heterocycles. The second-order valence-electron chi connectivity index (χ2n) is 3.30. The van der Waals surface area contributed by atoms with Gasteiger partial charge in [0.05, 0.1) is 5.69 Å². The van der Waals surface area contributed by atoms with Crippen molar-refractivity contribution in [1.29, 1.82) is 0 Å². The molecule has 1 N–H and O–H groups in total. The quantitative estimate of drug-likeness (QED) is 0.871. The number of anilines is 2. The molecule has 0 aliphatic carbocycles. The summed E-state index contributed by atoms with van der Waals surface area (Å²) in [5.74, 6) is -0.00589. The van der Waals surface area contributed by atoms with E-state index in [4.69, 9.17) is 11.6 Å². The van der Waals surface area contributed by atoms with E-state index in [1.807, 2.05) is 6.92 Å². The normalized spacial score (nSPS) is 10.2. The molecule has 0 fully saturated rings. The first-order valence-electron chi connectivity index (χ1n) is 4.66. The van der Waals surface area contributed by atoms with E-state index in [2.05, 4.69) is 15.3 Å². The van der Waals surface area contributed by atoms with E-state index >= 15 is 0 Å². The van der Waals surface area contributed by atoms with Gasteiger partial charge in [0.15, 0.2) is 11.0 Å². The van der Waals surface area contributed by atoms with Crippen LogP contribution in [0.25, 0.3) is 0 Å². The second-order valence-corrected chi connectivity index (χ2v) is 3.66. The highest BCUT2D eigenvalue weighted by molar-refractivity contribution is 6.31. The molecular weight excluding hydrogens is 229 g/mol. The number of halogens is 2. The molecule has 1 aromatic heterocycles. The predicted octanol–water partition coefficient (Wildman–Crippen LogP) is 3.32. The number of nitrogens with one attached hydrogen (secondary N) is 1. The van der Waals surface area contributed by atoms with Crippen LogP contribution < -0.4 is 5.32 Å². The van der Waals surface area contributed by atoms with Crippen LogP contribution in [-0.2, 0) is 0 Å².